The van der Waals surface area contributed by atoms with Crippen LogP contribution in [-0.2, 0) is 6.54 Å². The van der Waals surface area contributed by atoms with Crippen molar-refractivity contribution in [3.8, 4) is 0 Å². The summed E-state index contributed by atoms with van der Waals surface area (Å²) in [5, 5.41) is 5.81. The number of hydrogen-bond donors (Lipinski definition) is 3. The minimum atomic E-state index is -0.317. The van der Waals surface area contributed by atoms with Crippen molar-refractivity contribution in [2.75, 3.05) is 43.8 Å². The summed E-state index contributed by atoms with van der Waals surface area (Å²) in [6.45, 7) is 5.77. The zero-order valence-corrected chi connectivity index (χ0v) is 15.2. The van der Waals surface area contributed by atoms with Gasteiger partial charge >= 0.3 is 6.03 Å². The van der Waals surface area contributed by atoms with Crippen molar-refractivity contribution < 1.29 is 9.18 Å². The highest BCUT2D eigenvalue weighted by molar-refractivity contribution is 5.74. The Hall–Kier alpha value is -3.01. The van der Waals surface area contributed by atoms with Gasteiger partial charge in [-0.2, -0.15) is 15.0 Å². The van der Waals surface area contributed by atoms with E-state index in [1.165, 1.54) is 12.1 Å². The summed E-state index contributed by atoms with van der Waals surface area (Å²) in [6, 6.07) is 5.85. The van der Waals surface area contributed by atoms with Gasteiger partial charge in [0.05, 0.1) is 6.54 Å². The SMILES string of the molecule is CCNC(=O)N1CCN(Cc2nc(N)nc(Nc3ccc(F)cc3)n2)CC1. The predicted molar refractivity (Wildman–Crippen MR) is 99.8 cm³/mol. The number of amides is 2. The van der Waals surface area contributed by atoms with Crippen molar-refractivity contribution in [3.05, 3.63) is 35.9 Å². The van der Waals surface area contributed by atoms with Crippen molar-refractivity contribution in [2.45, 2.75) is 13.5 Å². The predicted octanol–water partition coefficient (Wildman–Crippen LogP) is 1.18. The van der Waals surface area contributed by atoms with Crippen molar-refractivity contribution >= 4 is 23.6 Å². The number of rotatable bonds is 5. The smallest absolute Gasteiger partial charge is 0.317 e. The van der Waals surface area contributed by atoms with E-state index in [-0.39, 0.29) is 17.8 Å². The molecular weight excluding hydrogens is 351 g/mol. The number of urea groups is 1. The molecule has 144 valence electrons. The van der Waals surface area contributed by atoms with E-state index in [4.69, 9.17) is 5.73 Å². The molecule has 0 bridgehead atoms. The van der Waals surface area contributed by atoms with E-state index < -0.39 is 0 Å². The summed E-state index contributed by atoms with van der Waals surface area (Å²) < 4.78 is 13.0. The highest BCUT2D eigenvalue weighted by atomic mass is 19.1. The lowest BCUT2D eigenvalue weighted by Crippen LogP contribution is -2.51. The van der Waals surface area contributed by atoms with Crippen LogP contribution in [0.4, 0.5) is 26.8 Å². The maximum Gasteiger partial charge on any atom is 0.317 e. The van der Waals surface area contributed by atoms with Crippen molar-refractivity contribution in [2.24, 2.45) is 0 Å². The van der Waals surface area contributed by atoms with Gasteiger partial charge in [-0.05, 0) is 31.2 Å². The summed E-state index contributed by atoms with van der Waals surface area (Å²) in [7, 11) is 0. The number of nitrogens with one attached hydrogen (secondary N) is 2. The van der Waals surface area contributed by atoms with Crippen LogP contribution in [0.1, 0.15) is 12.7 Å². The minimum Gasteiger partial charge on any atom is -0.368 e. The Balaban J connectivity index is 1.60. The van der Waals surface area contributed by atoms with Gasteiger partial charge in [0.1, 0.15) is 11.6 Å². The van der Waals surface area contributed by atoms with Crippen LogP contribution < -0.4 is 16.4 Å². The number of piperazine rings is 1. The third-order valence-electron chi connectivity index (χ3n) is 4.15. The number of anilines is 3. The van der Waals surface area contributed by atoms with Gasteiger partial charge in [-0.3, -0.25) is 4.90 Å². The van der Waals surface area contributed by atoms with Crippen molar-refractivity contribution in [1.29, 1.82) is 0 Å². The second-order valence-electron chi connectivity index (χ2n) is 6.16. The normalized spacial score (nSPS) is 14.8. The van der Waals surface area contributed by atoms with Crippen LogP contribution in [0.5, 0.6) is 0 Å². The Kier molecular flexibility index (Phi) is 5.97. The van der Waals surface area contributed by atoms with Crippen LogP contribution in [0.25, 0.3) is 0 Å². The van der Waals surface area contributed by atoms with Crippen LogP contribution in [0, 0.1) is 5.82 Å². The molecule has 9 nitrogen and oxygen atoms in total. The lowest BCUT2D eigenvalue weighted by Gasteiger charge is -2.34. The van der Waals surface area contributed by atoms with Gasteiger partial charge in [0.15, 0.2) is 0 Å². The summed E-state index contributed by atoms with van der Waals surface area (Å²) in [4.78, 5) is 28.5. The Bertz CT molecular complexity index is 777. The van der Waals surface area contributed by atoms with E-state index in [1.807, 2.05) is 6.92 Å². The zero-order chi connectivity index (χ0) is 19.2. The van der Waals surface area contributed by atoms with Gasteiger partial charge in [0.25, 0.3) is 0 Å². The number of aromatic nitrogens is 3. The van der Waals surface area contributed by atoms with E-state index in [1.54, 1.807) is 17.0 Å². The summed E-state index contributed by atoms with van der Waals surface area (Å²) in [5.74, 6) is 0.650. The molecule has 0 atom stereocenters. The van der Waals surface area contributed by atoms with E-state index in [0.29, 0.717) is 43.6 Å². The van der Waals surface area contributed by atoms with Gasteiger partial charge in [-0.1, -0.05) is 0 Å². The number of halogens is 1. The largest absolute Gasteiger partial charge is 0.368 e. The van der Waals surface area contributed by atoms with Crippen LogP contribution in [0.15, 0.2) is 24.3 Å². The first kappa shape index (κ1) is 18.8. The third kappa shape index (κ3) is 5.23. The van der Waals surface area contributed by atoms with Crippen molar-refractivity contribution in [1.82, 2.24) is 30.1 Å². The molecule has 0 radical (unpaired) electrons. The maximum absolute atomic E-state index is 13.0. The molecule has 4 N–H and O–H groups in total. The molecule has 1 aromatic carbocycles. The first-order valence-electron chi connectivity index (χ1n) is 8.81. The maximum atomic E-state index is 13.0. The average Bonchev–Trinajstić information content (AvgIpc) is 2.64. The first-order chi connectivity index (χ1) is 13.0. The van der Waals surface area contributed by atoms with E-state index in [2.05, 4.69) is 30.5 Å². The second-order valence-corrected chi connectivity index (χ2v) is 6.16. The third-order valence-corrected chi connectivity index (χ3v) is 4.15. The standard InChI is InChI=1S/C17H23FN8O/c1-2-20-17(27)26-9-7-25(8-10-26)11-14-22-15(19)24-16(23-14)21-13-5-3-12(18)4-6-13/h3-6H,2,7-11H2,1H3,(H,20,27)(H3,19,21,22,23,24). The van der Waals surface area contributed by atoms with Gasteiger partial charge in [-0.15, -0.1) is 0 Å². The van der Waals surface area contributed by atoms with Gasteiger partial charge in [-0.25, -0.2) is 9.18 Å². The molecule has 10 heteroatoms. The van der Waals surface area contributed by atoms with Gasteiger partial charge < -0.3 is 21.3 Å². The number of carbonyl (C=O) groups excluding carboxylic acids is 1. The molecule has 0 unspecified atom stereocenters. The van der Waals surface area contributed by atoms with Crippen molar-refractivity contribution in [3.63, 3.8) is 0 Å². The van der Waals surface area contributed by atoms with E-state index in [9.17, 15) is 9.18 Å². The molecule has 2 heterocycles. The summed E-state index contributed by atoms with van der Waals surface area (Å²) >= 11 is 0. The molecule has 1 saturated heterocycles. The number of nitrogens with two attached hydrogens (primary N) is 1. The van der Waals surface area contributed by atoms with Crippen LogP contribution in [0.2, 0.25) is 0 Å². The highest BCUT2D eigenvalue weighted by Crippen LogP contribution is 2.15. The average molecular weight is 374 g/mol. The lowest BCUT2D eigenvalue weighted by atomic mass is 10.3. The molecular formula is C17H23FN8O. The Morgan fingerprint density at radius 3 is 2.52 bits per heavy atom. The molecule has 1 aliphatic heterocycles. The van der Waals surface area contributed by atoms with E-state index >= 15 is 0 Å². The first-order valence-corrected chi connectivity index (χ1v) is 8.81. The molecule has 1 fully saturated rings. The summed E-state index contributed by atoms with van der Waals surface area (Å²) in [5.41, 5.74) is 6.45. The molecule has 0 saturated carbocycles. The van der Waals surface area contributed by atoms with Gasteiger partial charge in [0.2, 0.25) is 11.9 Å². The molecule has 0 spiro atoms. The van der Waals surface area contributed by atoms with Crippen LogP contribution in [0.3, 0.4) is 0 Å². The Morgan fingerprint density at radius 1 is 1.15 bits per heavy atom. The second kappa shape index (κ2) is 8.58. The molecule has 0 aliphatic carbocycles. The Morgan fingerprint density at radius 2 is 1.85 bits per heavy atom. The molecule has 27 heavy (non-hydrogen) atoms. The molecule has 1 aliphatic rings. The lowest BCUT2D eigenvalue weighted by molar-refractivity contribution is 0.134. The fourth-order valence-corrected chi connectivity index (χ4v) is 2.80. The Labute approximate surface area is 156 Å². The number of carbonyl (C=O) groups is 1. The molecule has 2 amide bonds. The highest BCUT2D eigenvalue weighted by Gasteiger charge is 2.21. The fraction of sp³-hybridized carbons (Fsp3) is 0.412. The zero-order valence-electron chi connectivity index (χ0n) is 15.2. The molecule has 3 rings (SSSR count). The number of nitrogens with zero attached hydrogens (tertiary/aromatic N) is 5. The monoisotopic (exact) mass is 374 g/mol. The quantitative estimate of drug-likeness (QED) is 0.720. The molecule has 1 aromatic heterocycles. The number of nitrogen functional groups attached to an aromatic ring is 1. The molecule has 2 aromatic rings. The van der Waals surface area contributed by atoms with Crippen LogP contribution >= 0.6 is 0 Å². The van der Waals surface area contributed by atoms with Gasteiger partial charge in [0, 0.05) is 38.4 Å². The van der Waals surface area contributed by atoms with Crippen LogP contribution in [-0.4, -0.2) is 63.5 Å². The summed E-state index contributed by atoms with van der Waals surface area (Å²) in [6.07, 6.45) is 0. The van der Waals surface area contributed by atoms with E-state index in [0.717, 1.165) is 13.1 Å². The topological polar surface area (TPSA) is 112 Å². The number of benzene rings is 1. The number of hydrogen-bond acceptors (Lipinski definition) is 7. The fourth-order valence-electron chi connectivity index (χ4n) is 2.80. The minimum absolute atomic E-state index is 0.0349.